The van der Waals surface area contributed by atoms with Crippen LogP contribution in [0.25, 0.3) is 0 Å². The summed E-state index contributed by atoms with van der Waals surface area (Å²) in [6, 6.07) is 1.86. The van der Waals surface area contributed by atoms with Gasteiger partial charge in [-0.05, 0) is 37.9 Å². The maximum Gasteiger partial charge on any atom is 0.349 e. The van der Waals surface area contributed by atoms with Gasteiger partial charge in [0.2, 0.25) is 0 Å². The third-order valence-corrected chi connectivity index (χ3v) is 4.19. The molecule has 0 spiro atoms. The fourth-order valence-corrected chi connectivity index (χ4v) is 2.99. The lowest BCUT2D eigenvalue weighted by molar-refractivity contribution is 0.0794. The SMILES string of the molecule is Cc1cc(C2CCCNC2)oc(=O)c1C(=O)N1CC=CC1. The van der Waals surface area contributed by atoms with Crippen LogP contribution in [-0.4, -0.2) is 37.0 Å². The number of nitrogens with zero attached hydrogens (tertiary/aromatic N) is 1. The number of nitrogens with one attached hydrogen (secondary N) is 1. The first-order chi connectivity index (χ1) is 10.2. The minimum atomic E-state index is -0.507. The van der Waals surface area contributed by atoms with E-state index >= 15 is 0 Å². The second kappa shape index (κ2) is 5.85. The smallest absolute Gasteiger partial charge is 0.349 e. The molecule has 0 saturated carbocycles. The molecule has 2 aliphatic rings. The Balaban J connectivity index is 1.89. The van der Waals surface area contributed by atoms with Crippen molar-refractivity contribution in [3.05, 3.63) is 45.5 Å². The van der Waals surface area contributed by atoms with Crippen molar-refractivity contribution in [2.75, 3.05) is 26.2 Å². The largest absolute Gasteiger partial charge is 0.427 e. The van der Waals surface area contributed by atoms with Crippen molar-refractivity contribution >= 4 is 5.91 Å². The van der Waals surface area contributed by atoms with Gasteiger partial charge in [-0.2, -0.15) is 0 Å². The lowest BCUT2D eigenvalue weighted by Gasteiger charge is -2.22. The van der Waals surface area contributed by atoms with E-state index in [1.807, 2.05) is 25.1 Å². The van der Waals surface area contributed by atoms with E-state index in [1.54, 1.807) is 4.90 Å². The van der Waals surface area contributed by atoms with Gasteiger partial charge in [-0.15, -0.1) is 0 Å². The molecule has 0 aromatic carbocycles. The van der Waals surface area contributed by atoms with Crippen molar-refractivity contribution in [2.24, 2.45) is 0 Å². The van der Waals surface area contributed by atoms with E-state index in [2.05, 4.69) is 5.32 Å². The summed E-state index contributed by atoms with van der Waals surface area (Å²) in [7, 11) is 0. The van der Waals surface area contributed by atoms with Gasteiger partial charge in [0, 0.05) is 25.6 Å². The third kappa shape index (κ3) is 2.78. The topological polar surface area (TPSA) is 62.6 Å². The average molecular weight is 288 g/mol. The molecule has 3 heterocycles. The molecule has 1 amide bonds. The minimum Gasteiger partial charge on any atom is -0.427 e. The Bertz CT molecular complexity index is 619. The predicted octanol–water partition coefficient (Wildman–Crippen LogP) is 1.43. The van der Waals surface area contributed by atoms with Crippen LogP contribution in [0.2, 0.25) is 0 Å². The van der Waals surface area contributed by atoms with Gasteiger partial charge in [-0.1, -0.05) is 12.2 Å². The quantitative estimate of drug-likeness (QED) is 0.836. The minimum absolute atomic E-state index is 0.172. The maximum absolute atomic E-state index is 12.4. The van der Waals surface area contributed by atoms with Crippen LogP contribution in [-0.2, 0) is 0 Å². The second-order valence-corrected chi connectivity index (χ2v) is 5.72. The summed E-state index contributed by atoms with van der Waals surface area (Å²) in [6.07, 6.45) is 5.94. The van der Waals surface area contributed by atoms with Crippen molar-refractivity contribution in [1.82, 2.24) is 10.2 Å². The van der Waals surface area contributed by atoms with Crippen LogP contribution in [0.4, 0.5) is 0 Å². The summed E-state index contributed by atoms with van der Waals surface area (Å²) < 4.78 is 5.45. The molecule has 1 unspecified atom stereocenters. The van der Waals surface area contributed by atoms with Gasteiger partial charge in [0.15, 0.2) is 0 Å². The molecule has 0 radical (unpaired) electrons. The number of rotatable bonds is 2. The zero-order valence-corrected chi connectivity index (χ0v) is 12.2. The summed E-state index contributed by atoms with van der Waals surface area (Å²) in [4.78, 5) is 26.3. The highest BCUT2D eigenvalue weighted by atomic mass is 16.4. The van der Waals surface area contributed by atoms with Crippen LogP contribution >= 0.6 is 0 Å². The zero-order chi connectivity index (χ0) is 14.8. The lowest BCUT2D eigenvalue weighted by Crippen LogP contribution is -2.34. The first-order valence-corrected chi connectivity index (χ1v) is 7.46. The lowest BCUT2D eigenvalue weighted by atomic mass is 9.95. The van der Waals surface area contributed by atoms with Gasteiger partial charge in [-0.3, -0.25) is 4.79 Å². The average Bonchev–Trinajstić information content (AvgIpc) is 3.01. The molecule has 1 fully saturated rings. The first-order valence-electron chi connectivity index (χ1n) is 7.46. The molecule has 3 rings (SSSR count). The molecular formula is C16H20N2O3. The molecule has 21 heavy (non-hydrogen) atoms. The highest BCUT2D eigenvalue weighted by molar-refractivity contribution is 5.95. The molecular weight excluding hydrogens is 268 g/mol. The Labute approximate surface area is 123 Å². The van der Waals surface area contributed by atoms with Crippen LogP contribution in [0.3, 0.4) is 0 Å². The molecule has 1 atom stereocenters. The van der Waals surface area contributed by atoms with Crippen molar-refractivity contribution in [3.63, 3.8) is 0 Å². The second-order valence-electron chi connectivity index (χ2n) is 5.72. The molecule has 1 aromatic heterocycles. The summed E-state index contributed by atoms with van der Waals surface area (Å²) in [6.45, 7) is 4.77. The van der Waals surface area contributed by atoms with Crippen molar-refractivity contribution in [1.29, 1.82) is 0 Å². The fourth-order valence-electron chi connectivity index (χ4n) is 2.99. The van der Waals surface area contributed by atoms with Gasteiger partial charge in [0.05, 0.1) is 0 Å². The van der Waals surface area contributed by atoms with E-state index in [9.17, 15) is 9.59 Å². The summed E-state index contributed by atoms with van der Waals surface area (Å²) >= 11 is 0. The standard InChI is InChI=1S/C16H20N2O3/c1-11-9-13(12-5-4-6-17-10-12)21-16(20)14(11)15(19)18-7-2-3-8-18/h2-3,9,12,17H,4-8,10H2,1H3. The Morgan fingerprint density at radius 1 is 1.38 bits per heavy atom. The fraction of sp³-hybridized carbons (Fsp3) is 0.500. The molecule has 0 bridgehead atoms. The monoisotopic (exact) mass is 288 g/mol. The highest BCUT2D eigenvalue weighted by Gasteiger charge is 2.25. The summed E-state index contributed by atoms with van der Waals surface area (Å²) in [5.41, 5.74) is 0.377. The number of hydrogen-bond donors (Lipinski definition) is 1. The summed E-state index contributed by atoms with van der Waals surface area (Å²) in [5.74, 6) is 0.683. The molecule has 1 aromatic rings. The van der Waals surface area contributed by atoms with E-state index in [4.69, 9.17) is 4.42 Å². The van der Waals surface area contributed by atoms with Gasteiger partial charge in [-0.25, -0.2) is 4.79 Å². The third-order valence-electron chi connectivity index (χ3n) is 4.19. The number of amides is 1. The Morgan fingerprint density at radius 2 is 2.14 bits per heavy atom. The van der Waals surface area contributed by atoms with E-state index < -0.39 is 5.63 Å². The van der Waals surface area contributed by atoms with Gasteiger partial charge >= 0.3 is 5.63 Å². The van der Waals surface area contributed by atoms with Gasteiger partial charge in [0.25, 0.3) is 5.91 Å². The van der Waals surface area contributed by atoms with Crippen LogP contribution in [0.5, 0.6) is 0 Å². The normalized spacial score (nSPS) is 21.8. The first kappa shape index (κ1) is 14.1. The van der Waals surface area contributed by atoms with Crippen molar-refractivity contribution in [2.45, 2.75) is 25.7 Å². The van der Waals surface area contributed by atoms with Gasteiger partial charge < -0.3 is 14.6 Å². The number of piperidine rings is 1. The van der Waals surface area contributed by atoms with Crippen LogP contribution in [0.15, 0.2) is 27.4 Å². The van der Waals surface area contributed by atoms with Crippen LogP contribution in [0, 0.1) is 6.92 Å². The molecule has 2 aliphatic heterocycles. The van der Waals surface area contributed by atoms with Crippen LogP contribution in [0.1, 0.15) is 40.4 Å². The number of carbonyl (C=O) groups is 1. The Morgan fingerprint density at radius 3 is 2.76 bits per heavy atom. The number of carbonyl (C=O) groups excluding carboxylic acids is 1. The zero-order valence-electron chi connectivity index (χ0n) is 12.2. The molecule has 0 aliphatic carbocycles. The van der Waals surface area contributed by atoms with E-state index in [1.165, 1.54) is 0 Å². The molecule has 5 heteroatoms. The predicted molar refractivity (Wildman–Crippen MR) is 79.6 cm³/mol. The molecule has 1 N–H and O–H groups in total. The number of aryl methyl sites for hydroxylation is 1. The Kier molecular flexibility index (Phi) is 3.92. The Hall–Kier alpha value is -1.88. The maximum atomic E-state index is 12.4. The molecule has 5 nitrogen and oxygen atoms in total. The molecule has 112 valence electrons. The van der Waals surface area contributed by atoms with E-state index in [0.29, 0.717) is 24.4 Å². The van der Waals surface area contributed by atoms with E-state index in [-0.39, 0.29) is 17.4 Å². The van der Waals surface area contributed by atoms with E-state index in [0.717, 1.165) is 25.9 Å². The molecule has 1 saturated heterocycles. The van der Waals surface area contributed by atoms with Crippen molar-refractivity contribution < 1.29 is 9.21 Å². The summed E-state index contributed by atoms with van der Waals surface area (Å²) in [5, 5.41) is 3.31. The number of hydrogen-bond acceptors (Lipinski definition) is 4. The highest BCUT2D eigenvalue weighted by Crippen LogP contribution is 2.24. The van der Waals surface area contributed by atoms with Gasteiger partial charge in [0.1, 0.15) is 11.3 Å². The van der Waals surface area contributed by atoms with Crippen LogP contribution < -0.4 is 10.9 Å². The van der Waals surface area contributed by atoms with Crippen molar-refractivity contribution in [3.8, 4) is 0 Å².